The smallest absolute Gasteiger partial charge is 0.337 e. The lowest BCUT2D eigenvalue weighted by molar-refractivity contribution is 0.0600. The van der Waals surface area contributed by atoms with Crippen molar-refractivity contribution in [1.82, 2.24) is 4.90 Å². The third-order valence-corrected chi connectivity index (χ3v) is 3.36. The summed E-state index contributed by atoms with van der Waals surface area (Å²) in [6.07, 6.45) is 2.61. The molecule has 17 heavy (non-hydrogen) atoms. The van der Waals surface area contributed by atoms with Gasteiger partial charge >= 0.3 is 5.97 Å². The summed E-state index contributed by atoms with van der Waals surface area (Å²) in [5.41, 5.74) is 3.11. The molecule has 2 rings (SSSR count). The number of aryl methyl sites for hydroxylation is 1. The Bertz CT molecular complexity index is 409. The maximum atomic E-state index is 11.4. The lowest BCUT2D eigenvalue weighted by atomic mass is 10.0. The maximum Gasteiger partial charge on any atom is 0.337 e. The molecule has 0 aromatic heterocycles. The van der Waals surface area contributed by atoms with E-state index in [2.05, 4.69) is 11.8 Å². The van der Waals surface area contributed by atoms with E-state index in [0.29, 0.717) is 5.56 Å². The summed E-state index contributed by atoms with van der Waals surface area (Å²) in [6.45, 7) is 5.43. The first-order chi connectivity index (χ1) is 8.20. The van der Waals surface area contributed by atoms with Crippen LogP contribution in [0.2, 0.25) is 0 Å². The first-order valence-corrected chi connectivity index (χ1v) is 6.11. The number of hydrogen-bond donors (Lipinski definition) is 0. The number of carbonyl (C=O) groups is 1. The fourth-order valence-corrected chi connectivity index (χ4v) is 2.30. The molecule has 1 aromatic carbocycles. The molecule has 0 amide bonds. The molecular weight excluding hydrogens is 214 g/mol. The summed E-state index contributed by atoms with van der Waals surface area (Å²) in [5, 5.41) is 0. The molecule has 3 heteroatoms. The van der Waals surface area contributed by atoms with Crippen LogP contribution in [0.4, 0.5) is 0 Å². The van der Waals surface area contributed by atoms with Gasteiger partial charge in [0.15, 0.2) is 0 Å². The van der Waals surface area contributed by atoms with Gasteiger partial charge in [-0.1, -0.05) is 6.07 Å². The molecule has 1 saturated heterocycles. The molecule has 0 N–H and O–H groups in total. The summed E-state index contributed by atoms with van der Waals surface area (Å²) in [6, 6.07) is 5.81. The van der Waals surface area contributed by atoms with E-state index in [4.69, 9.17) is 4.74 Å². The van der Waals surface area contributed by atoms with E-state index in [1.165, 1.54) is 44.2 Å². The van der Waals surface area contributed by atoms with Gasteiger partial charge in [-0.2, -0.15) is 0 Å². The lowest BCUT2D eigenvalue weighted by Gasteiger charge is -2.16. The minimum atomic E-state index is -0.263. The van der Waals surface area contributed by atoms with Crippen LogP contribution in [0.5, 0.6) is 0 Å². The number of benzene rings is 1. The fraction of sp³-hybridized carbons (Fsp3) is 0.500. The Labute approximate surface area is 102 Å². The van der Waals surface area contributed by atoms with Crippen LogP contribution in [0, 0.1) is 6.92 Å². The van der Waals surface area contributed by atoms with Gasteiger partial charge in [0, 0.05) is 6.54 Å². The molecule has 1 fully saturated rings. The van der Waals surface area contributed by atoms with E-state index in [1.807, 2.05) is 18.2 Å². The van der Waals surface area contributed by atoms with Gasteiger partial charge in [-0.05, 0) is 56.1 Å². The second kappa shape index (κ2) is 5.32. The molecule has 1 aliphatic rings. The minimum Gasteiger partial charge on any atom is -0.465 e. The van der Waals surface area contributed by atoms with E-state index in [9.17, 15) is 4.79 Å². The van der Waals surface area contributed by atoms with Gasteiger partial charge in [0.05, 0.1) is 12.7 Å². The molecule has 0 aliphatic carbocycles. The van der Waals surface area contributed by atoms with E-state index < -0.39 is 0 Å². The van der Waals surface area contributed by atoms with Crippen molar-refractivity contribution in [2.45, 2.75) is 26.3 Å². The zero-order valence-electron chi connectivity index (χ0n) is 10.5. The van der Waals surface area contributed by atoms with Crippen molar-refractivity contribution < 1.29 is 9.53 Å². The Morgan fingerprint density at radius 3 is 2.65 bits per heavy atom. The van der Waals surface area contributed by atoms with Crippen molar-refractivity contribution in [3.05, 3.63) is 34.9 Å². The Morgan fingerprint density at radius 1 is 1.35 bits per heavy atom. The van der Waals surface area contributed by atoms with Gasteiger partial charge in [-0.15, -0.1) is 0 Å². The second-order valence-corrected chi connectivity index (χ2v) is 4.62. The molecule has 1 heterocycles. The van der Waals surface area contributed by atoms with Crippen LogP contribution in [0.15, 0.2) is 18.2 Å². The largest absolute Gasteiger partial charge is 0.465 e. The fourth-order valence-electron chi connectivity index (χ4n) is 2.30. The van der Waals surface area contributed by atoms with Crippen molar-refractivity contribution in [1.29, 1.82) is 0 Å². The molecule has 1 aliphatic heterocycles. The molecule has 0 unspecified atom stereocenters. The highest BCUT2D eigenvalue weighted by Crippen LogP contribution is 2.17. The van der Waals surface area contributed by atoms with Gasteiger partial charge in [-0.25, -0.2) is 4.79 Å². The Morgan fingerprint density at radius 2 is 2.06 bits per heavy atom. The topological polar surface area (TPSA) is 29.5 Å². The van der Waals surface area contributed by atoms with E-state index in [0.717, 1.165) is 6.54 Å². The van der Waals surface area contributed by atoms with Crippen molar-refractivity contribution >= 4 is 5.97 Å². The third kappa shape index (κ3) is 2.86. The van der Waals surface area contributed by atoms with E-state index in [-0.39, 0.29) is 5.97 Å². The normalized spacial score (nSPS) is 16.1. The highest BCUT2D eigenvalue weighted by Gasteiger charge is 2.14. The number of hydrogen-bond acceptors (Lipinski definition) is 3. The zero-order valence-corrected chi connectivity index (χ0v) is 10.5. The average Bonchev–Trinajstić information content (AvgIpc) is 2.83. The lowest BCUT2D eigenvalue weighted by Crippen LogP contribution is -2.19. The number of likely N-dealkylation sites (tertiary alicyclic amines) is 1. The van der Waals surface area contributed by atoms with Gasteiger partial charge in [0.25, 0.3) is 0 Å². The zero-order chi connectivity index (χ0) is 12.3. The molecule has 0 bridgehead atoms. The molecule has 0 spiro atoms. The van der Waals surface area contributed by atoms with Gasteiger partial charge in [0.1, 0.15) is 0 Å². The maximum absolute atomic E-state index is 11.4. The first-order valence-electron chi connectivity index (χ1n) is 6.11. The summed E-state index contributed by atoms with van der Waals surface area (Å²) in [5.74, 6) is -0.263. The Hall–Kier alpha value is -1.35. The van der Waals surface area contributed by atoms with Gasteiger partial charge in [0.2, 0.25) is 0 Å². The Balaban J connectivity index is 2.10. The highest BCUT2D eigenvalue weighted by atomic mass is 16.5. The van der Waals surface area contributed by atoms with Gasteiger partial charge in [-0.3, -0.25) is 4.90 Å². The average molecular weight is 233 g/mol. The van der Waals surface area contributed by atoms with Crippen LogP contribution < -0.4 is 0 Å². The Kier molecular flexibility index (Phi) is 3.79. The number of carbonyl (C=O) groups excluding carboxylic acids is 1. The van der Waals surface area contributed by atoms with Gasteiger partial charge < -0.3 is 4.74 Å². The molecular formula is C14H19NO2. The van der Waals surface area contributed by atoms with Crippen LogP contribution in [0.25, 0.3) is 0 Å². The van der Waals surface area contributed by atoms with Crippen LogP contribution in [-0.2, 0) is 11.3 Å². The number of rotatable bonds is 3. The van der Waals surface area contributed by atoms with Crippen molar-refractivity contribution in [2.24, 2.45) is 0 Å². The molecule has 0 radical (unpaired) electrons. The van der Waals surface area contributed by atoms with E-state index in [1.54, 1.807) is 0 Å². The standard InChI is InChI=1S/C14H19NO2/c1-11-9-12(14(16)17-2)5-6-13(11)10-15-7-3-4-8-15/h5-6,9H,3-4,7-8,10H2,1-2H3. The minimum absolute atomic E-state index is 0.263. The number of esters is 1. The van der Waals surface area contributed by atoms with Crippen LogP contribution >= 0.6 is 0 Å². The summed E-state index contributed by atoms with van der Waals surface area (Å²) in [7, 11) is 1.41. The number of methoxy groups -OCH3 is 1. The quantitative estimate of drug-likeness (QED) is 0.751. The predicted molar refractivity (Wildman–Crippen MR) is 67.0 cm³/mol. The SMILES string of the molecule is COC(=O)c1ccc(CN2CCCC2)c(C)c1. The molecule has 1 aromatic rings. The molecule has 0 atom stereocenters. The third-order valence-electron chi connectivity index (χ3n) is 3.36. The molecule has 92 valence electrons. The summed E-state index contributed by atoms with van der Waals surface area (Å²) in [4.78, 5) is 13.8. The van der Waals surface area contributed by atoms with Crippen molar-refractivity contribution in [2.75, 3.05) is 20.2 Å². The molecule has 0 saturated carbocycles. The number of ether oxygens (including phenoxy) is 1. The van der Waals surface area contributed by atoms with Crippen LogP contribution in [0.1, 0.15) is 34.3 Å². The highest BCUT2D eigenvalue weighted by molar-refractivity contribution is 5.89. The van der Waals surface area contributed by atoms with Crippen LogP contribution in [-0.4, -0.2) is 31.1 Å². The number of nitrogens with zero attached hydrogens (tertiary/aromatic N) is 1. The van der Waals surface area contributed by atoms with Crippen molar-refractivity contribution in [3.63, 3.8) is 0 Å². The molecule has 3 nitrogen and oxygen atoms in total. The van der Waals surface area contributed by atoms with E-state index >= 15 is 0 Å². The summed E-state index contributed by atoms with van der Waals surface area (Å²) >= 11 is 0. The first kappa shape index (κ1) is 12.1. The van der Waals surface area contributed by atoms with Crippen LogP contribution in [0.3, 0.4) is 0 Å². The summed E-state index contributed by atoms with van der Waals surface area (Å²) < 4.78 is 4.72. The monoisotopic (exact) mass is 233 g/mol. The second-order valence-electron chi connectivity index (χ2n) is 4.62. The predicted octanol–water partition coefficient (Wildman–Crippen LogP) is 2.38. The van der Waals surface area contributed by atoms with Crippen molar-refractivity contribution in [3.8, 4) is 0 Å².